The predicted octanol–water partition coefficient (Wildman–Crippen LogP) is 5.67. The summed E-state index contributed by atoms with van der Waals surface area (Å²) in [4.78, 5) is 30.0. The number of rotatable bonds is 13. The summed E-state index contributed by atoms with van der Waals surface area (Å²) in [6.45, 7) is 7.01. The molecule has 0 heterocycles. The maximum atomic E-state index is 14.6. The Kier molecular flexibility index (Phi) is 11.0. The first-order valence-electron chi connectivity index (χ1n) is 14.9. The highest BCUT2D eigenvalue weighted by atomic mass is 32.2. The van der Waals surface area contributed by atoms with Crippen LogP contribution in [0.1, 0.15) is 36.1 Å². The van der Waals surface area contributed by atoms with Gasteiger partial charge in [-0.25, -0.2) is 8.42 Å². The lowest BCUT2D eigenvalue weighted by Crippen LogP contribution is -2.54. The molecule has 9 heteroatoms. The molecule has 0 saturated carbocycles. The van der Waals surface area contributed by atoms with E-state index >= 15 is 0 Å². The van der Waals surface area contributed by atoms with Crippen molar-refractivity contribution in [2.24, 2.45) is 0 Å². The molecule has 0 aromatic heterocycles. The van der Waals surface area contributed by atoms with Crippen molar-refractivity contribution in [2.45, 2.75) is 57.6 Å². The summed E-state index contributed by atoms with van der Waals surface area (Å²) >= 11 is 0. The number of carbonyl (C=O) groups is 2. The summed E-state index contributed by atoms with van der Waals surface area (Å²) < 4.78 is 35.0. The van der Waals surface area contributed by atoms with Crippen LogP contribution in [0, 0.1) is 13.8 Å². The number of hydrogen-bond donors (Lipinski definition) is 1. The average molecular weight is 628 g/mol. The monoisotopic (exact) mass is 627 g/mol. The van der Waals surface area contributed by atoms with Crippen molar-refractivity contribution in [1.82, 2.24) is 10.2 Å². The Hall–Kier alpha value is -4.63. The van der Waals surface area contributed by atoms with Crippen LogP contribution in [-0.4, -0.2) is 50.9 Å². The molecule has 2 amide bonds. The third-order valence-corrected chi connectivity index (χ3v) is 9.42. The van der Waals surface area contributed by atoms with Crippen molar-refractivity contribution in [3.05, 3.63) is 125 Å². The second-order valence-corrected chi connectivity index (χ2v) is 13.1. The van der Waals surface area contributed by atoms with Gasteiger partial charge in [-0.05, 0) is 80.3 Å². The minimum absolute atomic E-state index is 0.0606. The van der Waals surface area contributed by atoms with Crippen LogP contribution in [0.25, 0.3) is 0 Å². The second kappa shape index (κ2) is 14.9. The number of carbonyl (C=O) groups excluding carboxylic acids is 2. The number of ether oxygens (including phenoxy) is 1. The lowest BCUT2D eigenvalue weighted by atomic mass is 10.0. The Morgan fingerprint density at radius 1 is 0.822 bits per heavy atom. The molecule has 4 aromatic carbocycles. The first kappa shape index (κ1) is 33.3. The topological polar surface area (TPSA) is 96.0 Å². The van der Waals surface area contributed by atoms with Gasteiger partial charge >= 0.3 is 0 Å². The molecule has 4 aromatic rings. The fourth-order valence-electron chi connectivity index (χ4n) is 5.14. The molecule has 0 aliphatic heterocycles. The van der Waals surface area contributed by atoms with E-state index in [4.69, 9.17) is 4.74 Å². The van der Waals surface area contributed by atoms with Gasteiger partial charge in [0.25, 0.3) is 10.0 Å². The SMILES string of the molecule is COc1cccc(CN(C(=O)CN(c2cccc(C)c2C)S(=O)(=O)c2ccccc2)[C@@H](Cc2ccccc2)C(=O)NC(C)C)c1. The third-order valence-electron chi connectivity index (χ3n) is 7.64. The number of amides is 2. The molecule has 0 unspecified atom stereocenters. The Labute approximate surface area is 266 Å². The van der Waals surface area contributed by atoms with Crippen LogP contribution in [0.4, 0.5) is 5.69 Å². The highest BCUT2D eigenvalue weighted by Crippen LogP contribution is 2.29. The summed E-state index contributed by atoms with van der Waals surface area (Å²) in [5.74, 6) is -0.234. The van der Waals surface area contributed by atoms with Crippen LogP contribution >= 0.6 is 0 Å². The molecule has 1 atom stereocenters. The molecule has 0 radical (unpaired) electrons. The van der Waals surface area contributed by atoms with E-state index in [9.17, 15) is 18.0 Å². The normalized spacial score (nSPS) is 12.0. The third kappa shape index (κ3) is 8.30. The first-order valence-corrected chi connectivity index (χ1v) is 16.4. The molecular weight excluding hydrogens is 586 g/mol. The van der Waals surface area contributed by atoms with Crippen LogP contribution in [0.2, 0.25) is 0 Å². The van der Waals surface area contributed by atoms with Crippen molar-refractivity contribution in [3.8, 4) is 5.75 Å². The van der Waals surface area contributed by atoms with Crippen LogP contribution in [0.15, 0.2) is 108 Å². The van der Waals surface area contributed by atoms with Crippen LogP contribution in [0.3, 0.4) is 0 Å². The van der Waals surface area contributed by atoms with E-state index in [2.05, 4.69) is 5.32 Å². The standard InChI is InChI=1S/C36H41N3O5S/c1-26(2)37-36(41)34(23-29-15-8-6-9-16-29)38(24-30-17-13-18-31(22-30)44-5)35(40)25-39(33-21-12-14-27(3)28(33)4)45(42,43)32-19-10-7-11-20-32/h6-22,26,34H,23-25H2,1-5H3,(H,37,41)/t34-/m0/s1. The molecule has 0 aliphatic rings. The van der Waals surface area contributed by atoms with Gasteiger partial charge in [0, 0.05) is 19.0 Å². The first-order chi connectivity index (χ1) is 21.5. The summed E-state index contributed by atoms with van der Waals surface area (Å²) in [5.41, 5.74) is 3.64. The molecule has 236 valence electrons. The Morgan fingerprint density at radius 2 is 1.44 bits per heavy atom. The van der Waals surface area contributed by atoms with Gasteiger partial charge in [0.15, 0.2) is 0 Å². The maximum Gasteiger partial charge on any atom is 0.264 e. The molecule has 45 heavy (non-hydrogen) atoms. The highest BCUT2D eigenvalue weighted by Gasteiger charge is 2.35. The van der Waals surface area contributed by atoms with Crippen molar-refractivity contribution in [2.75, 3.05) is 18.0 Å². The zero-order chi connectivity index (χ0) is 32.6. The largest absolute Gasteiger partial charge is 0.497 e. The zero-order valence-corrected chi connectivity index (χ0v) is 27.3. The maximum absolute atomic E-state index is 14.6. The van der Waals surface area contributed by atoms with E-state index in [1.165, 1.54) is 17.0 Å². The quantitative estimate of drug-likeness (QED) is 0.206. The van der Waals surface area contributed by atoms with E-state index < -0.39 is 28.5 Å². The van der Waals surface area contributed by atoms with Crippen molar-refractivity contribution >= 4 is 27.5 Å². The minimum atomic E-state index is -4.16. The van der Waals surface area contributed by atoms with E-state index in [-0.39, 0.29) is 29.8 Å². The van der Waals surface area contributed by atoms with Crippen LogP contribution < -0.4 is 14.4 Å². The number of nitrogens with zero attached hydrogens (tertiary/aromatic N) is 2. The van der Waals surface area contributed by atoms with Crippen molar-refractivity contribution in [3.63, 3.8) is 0 Å². The number of hydrogen-bond acceptors (Lipinski definition) is 5. The van der Waals surface area contributed by atoms with E-state index in [1.54, 1.807) is 43.5 Å². The van der Waals surface area contributed by atoms with Crippen LogP contribution in [-0.2, 0) is 32.6 Å². The molecule has 8 nitrogen and oxygen atoms in total. The lowest BCUT2D eigenvalue weighted by molar-refractivity contribution is -0.140. The molecule has 0 saturated heterocycles. The molecule has 0 aliphatic carbocycles. The summed E-state index contributed by atoms with van der Waals surface area (Å²) in [6.07, 6.45) is 0.240. The van der Waals surface area contributed by atoms with Gasteiger partial charge in [0.1, 0.15) is 18.3 Å². The fourth-order valence-corrected chi connectivity index (χ4v) is 6.63. The lowest BCUT2D eigenvalue weighted by Gasteiger charge is -2.34. The second-order valence-electron chi connectivity index (χ2n) is 11.3. The van der Waals surface area contributed by atoms with Crippen LogP contribution in [0.5, 0.6) is 5.75 Å². The molecule has 0 fully saturated rings. The number of anilines is 1. The molecular formula is C36H41N3O5S. The van der Waals surface area contributed by atoms with Crippen molar-refractivity contribution < 1.29 is 22.7 Å². The number of benzene rings is 4. The van der Waals surface area contributed by atoms with Gasteiger partial charge in [0.05, 0.1) is 17.7 Å². The smallest absolute Gasteiger partial charge is 0.264 e. The van der Waals surface area contributed by atoms with Crippen molar-refractivity contribution in [1.29, 1.82) is 0 Å². The number of methoxy groups -OCH3 is 1. The van der Waals surface area contributed by atoms with Gasteiger partial charge in [-0.1, -0.05) is 72.8 Å². The minimum Gasteiger partial charge on any atom is -0.497 e. The number of sulfonamides is 1. The zero-order valence-electron chi connectivity index (χ0n) is 26.4. The Bertz CT molecular complexity index is 1710. The number of nitrogens with one attached hydrogen (secondary N) is 1. The predicted molar refractivity (Wildman–Crippen MR) is 178 cm³/mol. The van der Waals surface area contributed by atoms with Gasteiger partial charge in [-0.3, -0.25) is 13.9 Å². The summed E-state index contributed by atoms with van der Waals surface area (Å²) in [5, 5.41) is 2.98. The molecule has 4 rings (SSSR count). The molecule has 0 spiro atoms. The van der Waals surface area contributed by atoms with Gasteiger partial charge < -0.3 is 15.0 Å². The Morgan fingerprint density at radius 3 is 2.09 bits per heavy atom. The summed E-state index contributed by atoms with van der Waals surface area (Å²) in [6, 6.07) is 29.1. The van der Waals surface area contributed by atoms with Gasteiger partial charge in [-0.2, -0.15) is 0 Å². The summed E-state index contributed by atoms with van der Waals surface area (Å²) in [7, 11) is -2.60. The molecule has 1 N–H and O–H groups in total. The average Bonchev–Trinajstić information content (AvgIpc) is 3.03. The van der Waals surface area contributed by atoms with Gasteiger partial charge in [0.2, 0.25) is 11.8 Å². The van der Waals surface area contributed by atoms with E-state index in [1.807, 2.05) is 82.3 Å². The molecule has 0 bridgehead atoms. The van der Waals surface area contributed by atoms with Gasteiger partial charge in [-0.15, -0.1) is 0 Å². The van der Waals surface area contributed by atoms with E-state index in [0.29, 0.717) is 11.4 Å². The Balaban J connectivity index is 1.84. The fraction of sp³-hybridized carbons (Fsp3) is 0.278. The number of aryl methyl sites for hydroxylation is 1. The highest BCUT2D eigenvalue weighted by molar-refractivity contribution is 7.92. The van der Waals surface area contributed by atoms with E-state index in [0.717, 1.165) is 26.6 Å².